The van der Waals surface area contributed by atoms with Crippen LogP contribution in [0, 0.1) is 5.92 Å². The van der Waals surface area contributed by atoms with Gasteiger partial charge in [0.1, 0.15) is 5.37 Å². The third-order valence-electron chi connectivity index (χ3n) is 4.92. The number of nitrogens with zero attached hydrogens (tertiary/aromatic N) is 1. The summed E-state index contributed by atoms with van der Waals surface area (Å²) in [7, 11) is 0. The molecule has 0 aromatic heterocycles. The van der Waals surface area contributed by atoms with E-state index in [4.69, 9.17) is 0 Å². The predicted octanol–water partition coefficient (Wildman–Crippen LogP) is 4.28. The second-order valence-electron chi connectivity index (χ2n) is 7.55. The number of hydrogen-bond acceptors (Lipinski definition) is 3. The predicted molar refractivity (Wildman–Crippen MR) is 115 cm³/mol. The van der Waals surface area contributed by atoms with Gasteiger partial charge in [0.05, 0.1) is 5.75 Å². The molecule has 1 N–H and O–H groups in total. The minimum atomic E-state index is -0.0386. The van der Waals surface area contributed by atoms with Crippen molar-refractivity contribution in [3.05, 3.63) is 71.3 Å². The van der Waals surface area contributed by atoms with Crippen LogP contribution >= 0.6 is 11.8 Å². The zero-order chi connectivity index (χ0) is 19.9. The van der Waals surface area contributed by atoms with E-state index in [1.807, 2.05) is 47.4 Å². The first-order chi connectivity index (χ1) is 13.5. The lowest BCUT2D eigenvalue weighted by Gasteiger charge is -2.24. The van der Waals surface area contributed by atoms with E-state index >= 15 is 0 Å². The highest BCUT2D eigenvalue weighted by atomic mass is 32.2. The number of benzene rings is 2. The van der Waals surface area contributed by atoms with Crippen LogP contribution < -0.4 is 5.32 Å². The van der Waals surface area contributed by atoms with E-state index in [-0.39, 0.29) is 17.2 Å². The van der Waals surface area contributed by atoms with Crippen molar-refractivity contribution in [2.75, 3.05) is 18.8 Å². The molecule has 0 bridgehead atoms. The van der Waals surface area contributed by atoms with Crippen LogP contribution in [-0.2, 0) is 11.2 Å². The molecule has 0 radical (unpaired) electrons. The monoisotopic (exact) mass is 396 g/mol. The zero-order valence-corrected chi connectivity index (χ0v) is 17.4. The maximum absolute atomic E-state index is 12.4. The molecule has 1 aliphatic rings. The molecule has 28 heavy (non-hydrogen) atoms. The SMILES string of the molecule is CC(C)CCNC(=O)c1ccc(C2SCC(=O)N2CCc2ccccc2)cc1. The summed E-state index contributed by atoms with van der Waals surface area (Å²) in [5.41, 5.74) is 2.97. The Bertz CT molecular complexity index is 790. The largest absolute Gasteiger partial charge is 0.352 e. The average Bonchev–Trinajstić information content (AvgIpc) is 3.07. The Balaban J connectivity index is 1.61. The van der Waals surface area contributed by atoms with Crippen LogP contribution in [0.2, 0.25) is 0 Å². The van der Waals surface area contributed by atoms with Crippen LogP contribution in [-0.4, -0.2) is 35.6 Å². The molecule has 5 heteroatoms. The van der Waals surface area contributed by atoms with Gasteiger partial charge in [0, 0.05) is 18.7 Å². The van der Waals surface area contributed by atoms with Crippen molar-refractivity contribution in [2.45, 2.75) is 32.1 Å². The van der Waals surface area contributed by atoms with Crippen molar-refractivity contribution in [3.8, 4) is 0 Å². The van der Waals surface area contributed by atoms with Crippen molar-refractivity contribution in [1.29, 1.82) is 0 Å². The molecule has 1 unspecified atom stereocenters. The van der Waals surface area contributed by atoms with E-state index in [0.29, 0.717) is 30.3 Å². The summed E-state index contributed by atoms with van der Waals surface area (Å²) in [6.45, 7) is 5.69. The van der Waals surface area contributed by atoms with E-state index in [0.717, 1.165) is 18.4 Å². The fourth-order valence-electron chi connectivity index (χ4n) is 3.24. The highest BCUT2D eigenvalue weighted by Crippen LogP contribution is 2.38. The Morgan fingerprint density at radius 2 is 1.86 bits per heavy atom. The van der Waals surface area contributed by atoms with Crippen molar-refractivity contribution < 1.29 is 9.59 Å². The molecular weight excluding hydrogens is 368 g/mol. The van der Waals surface area contributed by atoms with E-state index in [1.165, 1.54) is 5.56 Å². The third kappa shape index (κ3) is 5.38. The Morgan fingerprint density at radius 1 is 1.14 bits per heavy atom. The summed E-state index contributed by atoms with van der Waals surface area (Å²) in [5.74, 6) is 1.22. The van der Waals surface area contributed by atoms with Crippen LogP contribution in [0.5, 0.6) is 0 Å². The van der Waals surface area contributed by atoms with Gasteiger partial charge in [-0.3, -0.25) is 9.59 Å². The molecule has 4 nitrogen and oxygen atoms in total. The van der Waals surface area contributed by atoms with Gasteiger partial charge in [-0.25, -0.2) is 0 Å². The minimum Gasteiger partial charge on any atom is -0.352 e. The van der Waals surface area contributed by atoms with Gasteiger partial charge in [-0.1, -0.05) is 56.3 Å². The van der Waals surface area contributed by atoms with Crippen molar-refractivity contribution in [2.24, 2.45) is 5.92 Å². The second kappa shape index (κ2) is 9.78. The van der Waals surface area contributed by atoms with Gasteiger partial charge in [0.25, 0.3) is 5.91 Å². The Hall–Kier alpha value is -2.27. The minimum absolute atomic E-state index is 0.0225. The number of hydrogen-bond donors (Lipinski definition) is 1. The van der Waals surface area contributed by atoms with Gasteiger partial charge < -0.3 is 10.2 Å². The van der Waals surface area contributed by atoms with Crippen molar-refractivity contribution >= 4 is 23.6 Å². The van der Waals surface area contributed by atoms with Crippen LogP contribution in [0.1, 0.15) is 47.1 Å². The third-order valence-corrected chi connectivity index (χ3v) is 6.17. The molecule has 1 fully saturated rings. The lowest BCUT2D eigenvalue weighted by molar-refractivity contribution is -0.128. The standard InChI is InChI=1S/C23H28N2O2S/c1-17(2)12-14-24-22(27)19-8-10-20(11-9-19)23-25(21(26)16-28-23)15-13-18-6-4-3-5-7-18/h3-11,17,23H,12-16H2,1-2H3,(H,24,27). The molecule has 3 rings (SSSR count). The molecule has 1 saturated heterocycles. The summed E-state index contributed by atoms with van der Waals surface area (Å²) in [5, 5.41) is 2.99. The average molecular weight is 397 g/mol. The fraction of sp³-hybridized carbons (Fsp3) is 0.391. The normalized spacial score (nSPS) is 16.6. The molecule has 0 spiro atoms. The quantitative estimate of drug-likeness (QED) is 0.725. The Labute approximate surface area is 171 Å². The molecule has 2 amide bonds. The van der Waals surface area contributed by atoms with Crippen molar-refractivity contribution in [1.82, 2.24) is 10.2 Å². The summed E-state index contributed by atoms with van der Waals surface area (Å²) < 4.78 is 0. The Morgan fingerprint density at radius 3 is 2.54 bits per heavy atom. The van der Waals surface area contributed by atoms with E-state index in [2.05, 4.69) is 31.3 Å². The molecule has 0 aliphatic carbocycles. The zero-order valence-electron chi connectivity index (χ0n) is 16.6. The van der Waals surface area contributed by atoms with Gasteiger partial charge in [0.2, 0.25) is 5.91 Å². The number of thioether (sulfide) groups is 1. The molecule has 1 heterocycles. The number of rotatable bonds is 8. The van der Waals surface area contributed by atoms with Crippen molar-refractivity contribution in [3.63, 3.8) is 0 Å². The highest BCUT2D eigenvalue weighted by molar-refractivity contribution is 8.00. The molecule has 1 aliphatic heterocycles. The number of nitrogens with one attached hydrogen (secondary N) is 1. The topological polar surface area (TPSA) is 49.4 Å². The second-order valence-corrected chi connectivity index (χ2v) is 8.62. The van der Waals surface area contributed by atoms with E-state index in [1.54, 1.807) is 11.8 Å². The maximum atomic E-state index is 12.4. The Kier molecular flexibility index (Phi) is 7.15. The lowest BCUT2D eigenvalue weighted by atomic mass is 10.1. The molecule has 1 atom stereocenters. The number of amides is 2. The molecule has 148 valence electrons. The fourth-order valence-corrected chi connectivity index (χ4v) is 4.46. The number of carbonyl (C=O) groups excluding carboxylic acids is 2. The van der Waals surface area contributed by atoms with Crippen LogP contribution in [0.4, 0.5) is 0 Å². The molecule has 0 saturated carbocycles. The molecule has 2 aromatic carbocycles. The van der Waals surface area contributed by atoms with Crippen LogP contribution in [0.25, 0.3) is 0 Å². The summed E-state index contributed by atoms with van der Waals surface area (Å²) >= 11 is 1.65. The van der Waals surface area contributed by atoms with Gasteiger partial charge in [-0.15, -0.1) is 11.8 Å². The smallest absolute Gasteiger partial charge is 0.251 e. The lowest BCUT2D eigenvalue weighted by Crippen LogP contribution is -2.30. The van der Waals surface area contributed by atoms with Gasteiger partial charge in [0.15, 0.2) is 0 Å². The van der Waals surface area contributed by atoms with E-state index in [9.17, 15) is 9.59 Å². The first kappa shape index (κ1) is 20.5. The van der Waals surface area contributed by atoms with Gasteiger partial charge in [-0.2, -0.15) is 0 Å². The van der Waals surface area contributed by atoms with Gasteiger partial charge >= 0.3 is 0 Å². The summed E-state index contributed by atoms with van der Waals surface area (Å²) in [6, 6.07) is 17.9. The summed E-state index contributed by atoms with van der Waals surface area (Å²) in [6.07, 6.45) is 1.82. The maximum Gasteiger partial charge on any atom is 0.251 e. The first-order valence-corrected chi connectivity index (χ1v) is 10.9. The highest BCUT2D eigenvalue weighted by Gasteiger charge is 2.32. The molecular formula is C23H28N2O2S. The first-order valence-electron chi connectivity index (χ1n) is 9.87. The van der Waals surface area contributed by atoms with E-state index < -0.39 is 0 Å². The molecule has 2 aromatic rings. The van der Waals surface area contributed by atoms with Crippen LogP contribution in [0.3, 0.4) is 0 Å². The van der Waals surface area contributed by atoms with Gasteiger partial charge in [-0.05, 0) is 42.0 Å². The van der Waals surface area contributed by atoms with Crippen LogP contribution in [0.15, 0.2) is 54.6 Å². The number of carbonyl (C=O) groups is 2. The summed E-state index contributed by atoms with van der Waals surface area (Å²) in [4.78, 5) is 26.6.